The van der Waals surface area contributed by atoms with Gasteiger partial charge in [-0.3, -0.25) is 9.69 Å². The molecule has 34 heavy (non-hydrogen) atoms. The third-order valence-electron chi connectivity index (χ3n) is 5.83. The SMILES string of the molecule is COc1ccc(CN2CCCN(C(=O)/C=C/c3ccccc3OCc3csc(C)n3)CC2)cc1. The lowest BCUT2D eigenvalue weighted by atomic mass is 10.2. The molecule has 2 heterocycles. The van der Waals surface area contributed by atoms with Crippen molar-refractivity contribution in [1.29, 1.82) is 0 Å². The van der Waals surface area contributed by atoms with Gasteiger partial charge in [0.05, 0.1) is 17.8 Å². The average Bonchev–Trinajstić information content (AvgIpc) is 3.14. The Morgan fingerprint density at radius 2 is 1.91 bits per heavy atom. The summed E-state index contributed by atoms with van der Waals surface area (Å²) in [6.45, 7) is 6.61. The number of aryl methyl sites for hydroxylation is 1. The number of amides is 1. The quantitative estimate of drug-likeness (QED) is 0.437. The topological polar surface area (TPSA) is 54.9 Å². The highest BCUT2D eigenvalue weighted by Gasteiger charge is 2.18. The minimum Gasteiger partial charge on any atom is -0.497 e. The first-order valence-electron chi connectivity index (χ1n) is 11.6. The number of carbonyl (C=O) groups is 1. The summed E-state index contributed by atoms with van der Waals surface area (Å²) in [5.74, 6) is 1.66. The molecule has 0 unspecified atom stereocenters. The summed E-state index contributed by atoms with van der Waals surface area (Å²) in [5.41, 5.74) is 3.06. The number of methoxy groups -OCH3 is 1. The molecule has 1 fully saturated rings. The van der Waals surface area contributed by atoms with Crippen LogP contribution in [0.5, 0.6) is 11.5 Å². The predicted molar refractivity (Wildman–Crippen MR) is 136 cm³/mol. The second kappa shape index (κ2) is 11.8. The van der Waals surface area contributed by atoms with Gasteiger partial charge in [0.25, 0.3) is 0 Å². The van der Waals surface area contributed by atoms with E-state index in [0.717, 1.165) is 66.9 Å². The highest BCUT2D eigenvalue weighted by molar-refractivity contribution is 7.09. The normalized spacial score (nSPS) is 14.8. The summed E-state index contributed by atoms with van der Waals surface area (Å²) in [5, 5.41) is 3.03. The smallest absolute Gasteiger partial charge is 0.246 e. The van der Waals surface area contributed by atoms with E-state index in [2.05, 4.69) is 22.0 Å². The number of carbonyl (C=O) groups excluding carboxylic acids is 1. The minimum atomic E-state index is 0.0382. The summed E-state index contributed by atoms with van der Waals surface area (Å²) >= 11 is 1.61. The third kappa shape index (κ3) is 6.68. The predicted octanol–water partition coefficient (Wildman–Crippen LogP) is 4.79. The summed E-state index contributed by atoms with van der Waals surface area (Å²) in [6.07, 6.45) is 4.47. The maximum Gasteiger partial charge on any atom is 0.246 e. The molecule has 1 amide bonds. The van der Waals surface area contributed by atoms with Crippen LogP contribution in [0.4, 0.5) is 0 Å². The minimum absolute atomic E-state index is 0.0382. The molecule has 6 nitrogen and oxygen atoms in total. The van der Waals surface area contributed by atoms with Crippen molar-refractivity contribution < 1.29 is 14.3 Å². The number of hydrogen-bond acceptors (Lipinski definition) is 6. The first kappa shape index (κ1) is 24.0. The van der Waals surface area contributed by atoms with Gasteiger partial charge in [0.2, 0.25) is 5.91 Å². The van der Waals surface area contributed by atoms with Crippen LogP contribution in [0, 0.1) is 6.92 Å². The van der Waals surface area contributed by atoms with Gasteiger partial charge in [-0.1, -0.05) is 30.3 Å². The van der Waals surface area contributed by atoms with Crippen LogP contribution in [0.2, 0.25) is 0 Å². The first-order chi connectivity index (χ1) is 16.6. The number of ether oxygens (including phenoxy) is 2. The highest BCUT2D eigenvalue weighted by Crippen LogP contribution is 2.22. The Bertz CT molecular complexity index is 1110. The Kier molecular flexibility index (Phi) is 8.33. The van der Waals surface area contributed by atoms with E-state index in [9.17, 15) is 4.79 Å². The zero-order valence-corrected chi connectivity index (χ0v) is 20.6. The molecule has 4 rings (SSSR count). The van der Waals surface area contributed by atoms with E-state index in [4.69, 9.17) is 9.47 Å². The average molecular weight is 478 g/mol. The molecule has 178 valence electrons. The molecule has 7 heteroatoms. The molecule has 1 saturated heterocycles. The van der Waals surface area contributed by atoms with Crippen molar-refractivity contribution in [3.8, 4) is 11.5 Å². The summed E-state index contributed by atoms with van der Waals surface area (Å²) < 4.78 is 11.2. The Balaban J connectivity index is 1.31. The number of para-hydroxylation sites is 1. The largest absolute Gasteiger partial charge is 0.497 e. The Labute approximate surface area is 205 Å². The third-order valence-corrected chi connectivity index (χ3v) is 6.65. The second-order valence-corrected chi connectivity index (χ2v) is 9.38. The number of benzene rings is 2. The fraction of sp³-hybridized carbons (Fsp3) is 0.333. The zero-order valence-electron chi connectivity index (χ0n) is 19.8. The number of hydrogen-bond donors (Lipinski definition) is 0. The Hall–Kier alpha value is -3.16. The van der Waals surface area contributed by atoms with Crippen LogP contribution < -0.4 is 9.47 Å². The number of thiazole rings is 1. The van der Waals surface area contributed by atoms with Gasteiger partial charge in [0, 0.05) is 49.7 Å². The number of nitrogens with zero attached hydrogens (tertiary/aromatic N) is 3. The van der Waals surface area contributed by atoms with E-state index in [1.165, 1.54) is 5.56 Å². The second-order valence-electron chi connectivity index (χ2n) is 8.32. The lowest BCUT2D eigenvalue weighted by molar-refractivity contribution is -0.125. The van der Waals surface area contributed by atoms with Crippen LogP contribution in [-0.2, 0) is 17.9 Å². The fourth-order valence-electron chi connectivity index (χ4n) is 3.98. The molecule has 1 aliphatic heterocycles. The van der Waals surface area contributed by atoms with Gasteiger partial charge in [-0.25, -0.2) is 4.98 Å². The zero-order chi connectivity index (χ0) is 23.8. The molecule has 0 bridgehead atoms. The van der Waals surface area contributed by atoms with Gasteiger partial charge in [-0.15, -0.1) is 11.3 Å². The van der Waals surface area contributed by atoms with Crippen molar-refractivity contribution in [1.82, 2.24) is 14.8 Å². The molecule has 0 N–H and O–H groups in total. The van der Waals surface area contributed by atoms with Crippen LogP contribution in [0.25, 0.3) is 6.08 Å². The molecule has 0 saturated carbocycles. The van der Waals surface area contributed by atoms with E-state index in [0.29, 0.717) is 6.61 Å². The van der Waals surface area contributed by atoms with Crippen molar-refractivity contribution in [2.24, 2.45) is 0 Å². The van der Waals surface area contributed by atoms with E-state index in [1.54, 1.807) is 24.5 Å². The van der Waals surface area contributed by atoms with Gasteiger partial charge in [-0.2, -0.15) is 0 Å². The van der Waals surface area contributed by atoms with Gasteiger partial charge < -0.3 is 14.4 Å². The first-order valence-corrected chi connectivity index (χ1v) is 12.4. The summed E-state index contributed by atoms with van der Waals surface area (Å²) in [4.78, 5) is 21.7. The molecule has 2 aromatic carbocycles. The molecule has 0 atom stereocenters. The Morgan fingerprint density at radius 1 is 1.09 bits per heavy atom. The molecule has 0 radical (unpaired) electrons. The van der Waals surface area contributed by atoms with Crippen molar-refractivity contribution in [3.63, 3.8) is 0 Å². The number of rotatable bonds is 8. The Morgan fingerprint density at radius 3 is 2.68 bits per heavy atom. The fourth-order valence-corrected chi connectivity index (χ4v) is 4.58. The summed E-state index contributed by atoms with van der Waals surface area (Å²) in [7, 11) is 1.68. The van der Waals surface area contributed by atoms with E-state index in [-0.39, 0.29) is 5.91 Å². The van der Waals surface area contributed by atoms with E-state index >= 15 is 0 Å². The monoisotopic (exact) mass is 477 g/mol. The maximum absolute atomic E-state index is 12.9. The molecule has 0 spiro atoms. The van der Waals surface area contributed by atoms with Gasteiger partial charge in [-0.05, 0) is 43.2 Å². The lowest BCUT2D eigenvalue weighted by Crippen LogP contribution is -2.34. The standard InChI is InChI=1S/C27H31N3O3S/c1-21-28-24(20-34-21)19-33-26-7-4-3-6-23(26)10-13-27(31)30-15-5-14-29(16-17-30)18-22-8-11-25(32-2)12-9-22/h3-4,6-13,20H,5,14-19H2,1-2H3/b13-10+. The summed E-state index contributed by atoms with van der Waals surface area (Å²) in [6, 6.07) is 16.0. The van der Waals surface area contributed by atoms with Crippen molar-refractivity contribution in [3.05, 3.63) is 81.8 Å². The molecule has 1 aromatic heterocycles. The van der Waals surface area contributed by atoms with Gasteiger partial charge in [0.15, 0.2) is 0 Å². The maximum atomic E-state index is 12.9. The molecular weight excluding hydrogens is 446 g/mol. The van der Waals surface area contributed by atoms with Crippen LogP contribution in [-0.4, -0.2) is 54.0 Å². The highest BCUT2D eigenvalue weighted by atomic mass is 32.1. The lowest BCUT2D eigenvalue weighted by Gasteiger charge is -2.21. The van der Waals surface area contributed by atoms with Crippen molar-refractivity contribution >= 4 is 23.3 Å². The van der Waals surface area contributed by atoms with Crippen LogP contribution in [0.3, 0.4) is 0 Å². The molecule has 0 aliphatic carbocycles. The molecule has 3 aromatic rings. The van der Waals surface area contributed by atoms with Crippen molar-refractivity contribution in [2.45, 2.75) is 26.5 Å². The van der Waals surface area contributed by atoms with Gasteiger partial charge in [0.1, 0.15) is 18.1 Å². The van der Waals surface area contributed by atoms with Crippen LogP contribution in [0.15, 0.2) is 60.0 Å². The van der Waals surface area contributed by atoms with E-state index < -0.39 is 0 Å². The number of aromatic nitrogens is 1. The van der Waals surface area contributed by atoms with Crippen LogP contribution in [0.1, 0.15) is 28.2 Å². The van der Waals surface area contributed by atoms with Crippen molar-refractivity contribution in [2.75, 3.05) is 33.3 Å². The van der Waals surface area contributed by atoms with Crippen LogP contribution >= 0.6 is 11.3 Å². The molecular formula is C27H31N3O3S. The van der Waals surface area contributed by atoms with E-state index in [1.807, 2.05) is 59.7 Å². The molecule has 1 aliphatic rings. The van der Waals surface area contributed by atoms with Gasteiger partial charge >= 0.3 is 0 Å².